The number of nitrogens with zero attached hydrogens (tertiary/aromatic N) is 2. The molecule has 0 aliphatic carbocycles. The lowest BCUT2D eigenvalue weighted by Crippen LogP contribution is -2.06. The average Bonchev–Trinajstić information content (AvgIpc) is 2.76. The highest BCUT2D eigenvalue weighted by Gasteiger charge is 2.10. The number of carbonyl (C=O) groups excluding carboxylic acids is 1. The fraction of sp³-hybridized carbons (Fsp3) is 0.333. The summed E-state index contributed by atoms with van der Waals surface area (Å²) in [5.74, 6) is 0.599. The van der Waals surface area contributed by atoms with Crippen LogP contribution < -0.4 is 0 Å². The van der Waals surface area contributed by atoms with Gasteiger partial charge < -0.3 is 9.30 Å². The van der Waals surface area contributed by atoms with Crippen molar-refractivity contribution in [2.45, 2.75) is 26.8 Å². The number of ether oxygens (including phenoxy) is 1. The number of carbonyl (C=O) groups is 1. The van der Waals surface area contributed by atoms with Crippen LogP contribution in [0.3, 0.4) is 0 Å². The molecule has 2 rings (SSSR count). The third-order valence-electron chi connectivity index (χ3n) is 3.13. The first kappa shape index (κ1) is 16.0. The molecule has 4 nitrogen and oxygen atoms in total. The number of benzene rings is 1. The van der Waals surface area contributed by atoms with E-state index in [2.05, 4.69) is 25.5 Å². The molecular formula is C15H16BrClN2O2. The topological polar surface area (TPSA) is 44.1 Å². The average molecular weight is 372 g/mol. The van der Waals surface area contributed by atoms with Gasteiger partial charge in [0.05, 0.1) is 12.2 Å². The fourth-order valence-electron chi connectivity index (χ4n) is 2.03. The Hall–Kier alpha value is -1.33. The van der Waals surface area contributed by atoms with Crippen LogP contribution in [0.2, 0.25) is 5.02 Å². The first-order chi connectivity index (χ1) is 10.0. The van der Waals surface area contributed by atoms with E-state index in [1.807, 2.05) is 19.2 Å². The lowest BCUT2D eigenvalue weighted by atomic mass is 10.1. The summed E-state index contributed by atoms with van der Waals surface area (Å²) in [6.45, 7) is 4.87. The van der Waals surface area contributed by atoms with Gasteiger partial charge >= 0.3 is 5.97 Å². The van der Waals surface area contributed by atoms with E-state index in [1.165, 1.54) is 0 Å². The van der Waals surface area contributed by atoms with Crippen LogP contribution in [0.1, 0.15) is 28.7 Å². The quantitative estimate of drug-likeness (QED) is 0.745. The Morgan fingerprint density at radius 3 is 2.81 bits per heavy atom. The molecular weight excluding hydrogens is 356 g/mol. The number of hydrogen-bond acceptors (Lipinski definition) is 3. The van der Waals surface area contributed by atoms with E-state index >= 15 is 0 Å². The van der Waals surface area contributed by atoms with Gasteiger partial charge in [0.1, 0.15) is 10.4 Å². The molecule has 0 amide bonds. The Balaban J connectivity index is 2.07. The van der Waals surface area contributed by atoms with Crippen molar-refractivity contribution in [3.05, 3.63) is 51.0 Å². The number of halogens is 2. The summed E-state index contributed by atoms with van der Waals surface area (Å²) in [7, 11) is 0. The monoisotopic (exact) mass is 370 g/mol. The molecule has 1 aromatic carbocycles. The second-order valence-electron chi connectivity index (χ2n) is 4.58. The predicted octanol–water partition coefficient (Wildman–Crippen LogP) is 4.03. The van der Waals surface area contributed by atoms with Crippen LogP contribution in [-0.2, 0) is 17.7 Å². The molecule has 1 heterocycles. The maximum absolute atomic E-state index is 11.6. The first-order valence-corrected chi connectivity index (χ1v) is 7.83. The van der Waals surface area contributed by atoms with Gasteiger partial charge in [0, 0.05) is 17.8 Å². The summed E-state index contributed by atoms with van der Waals surface area (Å²) in [6, 6.07) is 5.28. The lowest BCUT2D eigenvalue weighted by Gasteiger charge is -2.08. The second kappa shape index (κ2) is 7.09. The van der Waals surface area contributed by atoms with Crippen molar-refractivity contribution >= 4 is 33.5 Å². The van der Waals surface area contributed by atoms with E-state index in [0.717, 1.165) is 29.0 Å². The Morgan fingerprint density at radius 1 is 1.48 bits per heavy atom. The van der Waals surface area contributed by atoms with E-state index in [9.17, 15) is 4.79 Å². The summed E-state index contributed by atoms with van der Waals surface area (Å²) in [4.78, 5) is 15.9. The summed E-state index contributed by atoms with van der Waals surface area (Å²) < 4.78 is 7.83. The van der Waals surface area contributed by atoms with Gasteiger partial charge in [0.15, 0.2) is 0 Å². The van der Waals surface area contributed by atoms with Gasteiger partial charge in [-0.25, -0.2) is 9.78 Å². The summed E-state index contributed by atoms with van der Waals surface area (Å²) >= 11 is 9.60. The minimum atomic E-state index is -0.347. The molecule has 0 N–H and O–H groups in total. The largest absolute Gasteiger partial charge is 0.462 e. The maximum Gasteiger partial charge on any atom is 0.338 e. The zero-order valence-corrected chi connectivity index (χ0v) is 14.2. The Kier molecular flexibility index (Phi) is 5.42. The van der Waals surface area contributed by atoms with Crippen molar-refractivity contribution in [3.63, 3.8) is 0 Å². The third kappa shape index (κ3) is 4.08. The predicted molar refractivity (Wildman–Crippen MR) is 85.8 cm³/mol. The molecule has 0 aliphatic rings. The number of rotatable bonds is 5. The van der Waals surface area contributed by atoms with Crippen molar-refractivity contribution in [2.24, 2.45) is 0 Å². The smallest absolute Gasteiger partial charge is 0.338 e. The number of imidazole rings is 1. The maximum atomic E-state index is 11.6. The van der Waals surface area contributed by atoms with Gasteiger partial charge in [-0.2, -0.15) is 0 Å². The van der Waals surface area contributed by atoms with Crippen LogP contribution in [0.25, 0.3) is 0 Å². The SMILES string of the molecule is CCOC(=O)c1ccc(CCn2cc(Br)nc2C)c(Cl)c1. The molecule has 0 unspecified atom stereocenters. The van der Waals surface area contributed by atoms with Gasteiger partial charge in [-0.3, -0.25) is 0 Å². The molecule has 112 valence electrons. The van der Waals surface area contributed by atoms with Crippen LogP contribution >= 0.6 is 27.5 Å². The minimum absolute atomic E-state index is 0.347. The van der Waals surface area contributed by atoms with Crippen molar-refractivity contribution < 1.29 is 9.53 Å². The highest BCUT2D eigenvalue weighted by molar-refractivity contribution is 9.10. The summed E-state index contributed by atoms with van der Waals surface area (Å²) in [5.41, 5.74) is 1.47. The highest BCUT2D eigenvalue weighted by atomic mass is 79.9. The zero-order valence-electron chi connectivity index (χ0n) is 11.9. The molecule has 0 fully saturated rings. The van der Waals surface area contributed by atoms with Crippen LogP contribution in [0.5, 0.6) is 0 Å². The molecule has 0 saturated heterocycles. The standard InChI is InChI=1S/C15H16BrClN2O2/c1-3-21-15(20)12-5-4-11(13(17)8-12)6-7-19-9-14(16)18-10(19)2/h4-5,8-9H,3,6-7H2,1-2H3. The van der Waals surface area contributed by atoms with Crippen LogP contribution in [0.4, 0.5) is 0 Å². The second-order valence-corrected chi connectivity index (χ2v) is 5.80. The molecule has 0 radical (unpaired) electrons. The van der Waals surface area contributed by atoms with Crippen LogP contribution in [0, 0.1) is 6.92 Å². The molecule has 0 bridgehead atoms. The number of hydrogen-bond donors (Lipinski definition) is 0. The Morgan fingerprint density at radius 2 is 2.24 bits per heavy atom. The number of esters is 1. The van der Waals surface area contributed by atoms with Gasteiger partial charge in [0.25, 0.3) is 0 Å². The highest BCUT2D eigenvalue weighted by Crippen LogP contribution is 2.20. The number of aromatic nitrogens is 2. The van der Waals surface area contributed by atoms with E-state index in [1.54, 1.807) is 19.1 Å². The molecule has 1 aromatic heterocycles. The van der Waals surface area contributed by atoms with Crippen LogP contribution in [-0.4, -0.2) is 22.1 Å². The van der Waals surface area contributed by atoms with E-state index in [4.69, 9.17) is 16.3 Å². The minimum Gasteiger partial charge on any atom is -0.462 e. The van der Waals surface area contributed by atoms with Gasteiger partial charge in [-0.15, -0.1) is 0 Å². The van der Waals surface area contributed by atoms with E-state index in [-0.39, 0.29) is 5.97 Å². The summed E-state index contributed by atoms with van der Waals surface area (Å²) in [6.07, 6.45) is 2.71. The van der Waals surface area contributed by atoms with Crippen molar-refractivity contribution in [3.8, 4) is 0 Å². The molecule has 0 saturated carbocycles. The fourth-order valence-corrected chi connectivity index (χ4v) is 2.81. The van der Waals surface area contributed by atoms with Crippen molar-refractivity contribution in [1.29, 1.82) is 0 Å². The normalized spacial score (nSPS) is 10.7. The Bertz CT molecular complexity index is 655. The molecule has 21 heavy (non-hydrogen) atoms. The van der Waals surface area contributed by atoms with Gasteiger partial charge in [-0.05, 0) is 53.9 Å². The van der Waals surface area contributed by atoms with Crippen molar-refractivity contribution in [2.75, 3.05) is 6.61 Å². The van der Waals surface area contributed by atoms with Crippen LogP contribution in [0.15, 0.2) is 29.0 Å². The van der Waals surface area contributed by atoms with Crippen molar-refractivity contribution in [1.82, 2.24) is 9.55 Å². The molecule has 0 atom stereocenters. The molecule has 2 aromatic rings. The molecule has 0 aliphatic heterocycles. The Labute approximate surface area is 137 Å². The number of aryl methyl sites for hydroxylation is 3. The zero-order chi connectivity index (χ0) is 15.4. The third-order valence-corrected chi connectivity index (χ3v) is 3.87. The summed E-state index contributed by atoms with van der Waals surface area (Å²) in [5, 5.41) is 0.581. The lowest BCUT2D eigenvalue weighted by molar-refractivity contribution is 0.0526. The van der Waals surface area contributed by atoms with Gasteiger partial charge in [-0.1, -0.05) is 17.7 Å². The first-order valence-electron chi connectivity index (χ1n) is 6.66. The molecule has 0 spiro atoms. The van der Waals surface area contributed by atoms with Gasteiger partial charge in [0.2, 0.25) is 0 Å². The van der Waals surface area contributed by atoms with E-state index in [0.29, 0.717) is 17.2 Å². The van der Waals surface area contributed by atoms with E-state index < -0.39 is 0 Å². The molecule has 6 heteroatoms.